The maximum absolute atomic E-state index is 12.1. The van der Waals surface area contributed by atoms with Gasteiger partial charge in [-0.1, -0.05) is 6.07 Å². The molecule has 1 unspecified atom stereocenters. The fourth-order valence-corrected chi connectivity index (χ4v) is 1.09. The summed E-state index contributed by atoms with van der Waals surface area (Å²) in [5.41, 5.74) is 0.242. The van der Waals surface area contributed by atoms with Crippen LogP contribution in [0.1, 0.15) is 11.1 Å². The van der Waals surface area contributed by atoms with Gasteiger partial charge < -0.3 is 0 Å². The molecule has 66 valence electrons. The third-order valence-corrected chi connectivity index (χ3v) is 2.23. The number of halogens is 3. The van der Waals surface area contributed by atoms with Crippen molar-refractivity contribution in [2.24, 2.45) is 0 Å². The maximum atomic E-state index is 12.1. The molecule has 0 amide bonds. The Bertz CT molecular complexity index is 291. The lowest BCUT2D eigenvalue weighted by Gasteiger charge is -2.08. The number of alkyl halides is 3. The molecule has 0 aromatic heterocycles. The largest absolute Gasteiger partial charge is 0.416 e. The predicted molar refractivity (Wildman–Crippen MR) is 45.5 cm³/mol. The van der Waals surface area contributed by atoms with Gasteiger partial charge in [0.25, 0.3) is 0 Å². The first-order valence-electron chi connectivity index (χ1n) is 3.34. The molecular weight excluding hydrogens is 184 g/mol. The molecule has 1 atom stereocenters. The number of aryl methyl sites for hydroxylation is 1. The van der Waals surface area contributed by atoms with Gasteiger partial charge in [-0.15, -0.1) is 9.24 Å². The SMILES string of the molecule is Cc1ccc(C(F)(F)F)cc1P. The molecule has 0 nitrogen and oxygen atoms in total. The molecule has 1 rings (SSSR count). The summed E-state index contributed by atoms with van der Waals surface area (Å²) >= 11 is 0. The average Bonchev–Trinajstić information content (AvgIpc) is 1.92. The van der Waals surface area contributed by atoms with Crippen molar-refractivity contribution in [3.8, 4) is 0 Å². The van der Waals surface area contributed by atoms with Crippen LogP contribution in [0.3, 0.4) is 0 Å². The van der Waals surface area contributed by atoms with E-state index in [4.69, 9.17) is 0 Å². The van der Waals surface area contributed by atoms with Gasteiger partial charge in [-0.2, -0.15) is 13.2 Å². The van der Waals surface area contributed by atoms with E-state index < -0.39 is 11.7 Å². The Morgan fingerprint density at radius 2 is 1.83 bits per heavy atom. The fraction of sp³-hybridized carbons (Fsp3) is 0.250. The van der Waals surface area contributed by atoms with Gasteiger partial charge in [0.05, 0.1) is 5.56 Å². The number of hydrogen-bond acceptors (Lipinski definition) is 0. The minimum atomic E-state index is -4.24. The van der Waals surface area contributed by atoms with Gasteiger partial charge in [0.15, 0.2) is 0 Å². The van der Waals surface area contributed by atoms with Crippen LogP contribution in [0.15, 0.2) is 18.2 Å². The van der Waals surface area contributed by atoms with E-state index in [1.165, 1.54) is 6.07 Å². The summed E-state index contributed by atoms with van der Waals surface area (Å²) < 4.78 is 36.3. The zero-order valence-corrected chi connectivity index (χ0v) is 7.60. The Balaban J connectivity index is 3.14. The highest BCUT2D eigenvalue weighted by Crippen LogP contribution is 2.28. The quantitative estimate of drug-likeness (QED) is 0.554. The first-order chi connectivity index (χ1) is 5.41. The first kappa shape index (κ1) is 9.53. The minimum Gasteiger partial charge on any atom is -0.166 e. The highest BCUT2D eigenvalue weighted by atomic mass is 31.0. The fourth-order valence-electron chi connectivity index (χ4n) is 0.817. The van der Waals surface area contributed by atoms with Gasteiger partial charge in [0, 0.05) is 0 Å². The van der Waals surface area contributed by atoms with E-state index in [1.54, 1.807) is 6.92 Å². The van der Waals surface area contributed by atoms with Gasteiger partial charge in [-0.3, -0.25) is 0 Å². The van der Waals surface area contributed by atoms with Crippen LogP contribution in [-0.2, 0) is 6.18 Å². The lowest BCUT2D eigenvalue weighted by molar-refractivity contribution is -0.137. The van der Waals surface area contributed by atoms with Crippen molar-refractivity contribution in [1.29, 1.82) is 0 Å². The number of benzene rings is 1. The second kappa shape index (κ2) is 3.06. The molecule has 12 heavy (non-hydrogen) atoms. The summed E-state index contributed by atoms with van der Waals surface area (Å²) in [5.74, 6) is 0. The summed E-state index contributed by atoms with van der Waals surface area (Å²) in [6.07, 6.45) is -4.24. The van der Waals surface area contributed by atoms with Crippen LogP contribution in [0, 0.1) is 6.92 Å². The van der Waals surface area contributed by atoms with Crippen molar-refractivity contribution in [2.75, 3.05) is 0 Å². The van der Waals surface area contributed by atoms with E-state index in [0.29, 0.717) is 5.30 Å². The summed E-state index contributed by atoms with van der Waals surface area (Å²) in [6.45, 7) is 1.77. The van der Waals surface area contributed by atoms with E-state index in [0.717, 1.165) is 17.7 Å². The van der Waals surface area contributed by atoms with Crippen molar-refractivity contribution in [3.63, 3.8) is 0 Å². The molecular formula is C8H8F3P. The average molecular weight is 192 g/mol. The van der Waals surface area contributed by atoms with Crippen LogP contribution in [0.2, 0.25) is 0 Å². The molecule has 4 heteroatoms. The summed E-state index contributed by atoms with van der Waals surface area (Å²) in [6, 6.07) is 3.67. The number of rotatable bonds is 0. The summed E-state index contributed by atoms with van der Waals surface area (Å²) in [4.78, 5) is 0. The smallest absolute Gasteiger partial charge is 0.166 e. The second-order valence-corrected chi connectivity index (χ2v) is 3.19. The van der Waals surface area contributed by atoms with Gasteiger partial charge in [-0.25, -0.2) is 0 Å². The molecule has 0 saturated heterocycles. The van der Waals surface area contributed by atoms with Crippen LogP contribution in [0.4, 0.5) is 13.2 Å². The summed E-state index contributed by atoms with van der Waals surface area (Å²) in [7, 11) is 2.28. The lowest BCUT2D eigenvalue weighted by atomic mass is 10.1. The van der Waals surface area contributed by atoms with E-state index in [1.807, 2.05) is 0 Å². The maximum Gasteiger partial charge on any atom is 0.416 e. The van der Waals surface area contributed by atoms with Crippen LogP contribution in [-0.4, -0.2) is 0 Å². The van der Waals surface area contributed by atoms with Gasteiger partial charge >= 0.3 is 6.18 Å². The molecule has 1 aromatic carbocycles. The molecule has 0 aliphatic rings. The minimum absolute atomic E-state index is 0.588. The zero-order chi connectivity index (χ0) is 9.35. The van der Waals surface area contributed by atoms with Crippen LogP contribution < -0.4 is 5.30 Å². The Hall–Kier alpha value is -0.560. The van der Waals surface area contributed by atoms with Crippen LogP contribution in [0.25, 0.3) is 0 Å². The van der Waals surface area contributed by atoms with Crippen molar-refractivity contribution >= 4 is 14.5 Å². The van der Waals surface area contributed by atoms with Crippen molar-refractivity contribution in [2.45, 2.75) is 13.1 Å². The molecule has 0 heterocycles. The van der Waals surface area contributed by atoms with Crippen molar-refractivity contribution in [1.82, 2.24) is 0 Å². The molecule has 0 spiro atoms. The second-order valence-electron chi connectivity index (χ2n) is 2.57. The Morgan fingerprint density at radius 1 is 1.25 bits per heavy atom. The predicted octanol–water partition coefficient (Wildman–Crippen LogP) is 2.51. The molecule has 0 aliphatic carbocycles. The highest BCUT2D eigenvalue weighted by Gasteiger charge is 2.30. The molecule has 0 fully saturated rings. The molecule has 0 aliphatic heterocycles. The molecule has 1 aromatic rings. The lowest BCUT2D eigenvalue weighted by Crippen LogP contribution is -2.09. The van der Waals surface area contributed by atoms with E-state index in [-0.39, 0.29) is 0 Å². The topological polar surface area (TPSA) is 0 Å². The van der Waals surface area contributed by atoms with Crippen molar-refractivity contribution in [3.05, 3.63) is 29.3 Å². The normalized spacial score (nSPS) is 11.8. The van der Waals surface area contributed by atoms with Gasteiger partial charge in [-0.05, 0) is 29.9 Å². The van der Waals surface area contributed by atoms with Crippen LogP contribution >= 0.6 is 9.24 Å². The van der Waals surface area contributed by atoms with E-state index in [9.17, 15) is 13.2 Å². The number of hydrogen-bond donors (Lipinski definition) is 0. The third-order valence-electron chi connectivity index (χ3n) is 1.61. The highest BCUT2D eigenvalue weighted by molar-refractivity contribution is 7.27. The molecule has 0 N–H and O–H groups in total. The van der Waals surface area contributed by atoms with Crippen LogP contribution in [0.5, 0.6) is 0 Å². The van der Waals surface area contributed by atoms with E-state index in [2.05, 4.69) is 9.24 Å². The van der Waals surface area contributed by atoms with Gasteiger partial charge in [0.2, 0.25) is 0 Å². The summed E-state index contributed by atoms with van der Waals surface area (Å²) in [5, 5.41) is 0.588. The molecule has 0 radical (unpaired) electrons. The van der Waals surface area contributed by atoms with Crippen molar-refractivity contribution < 1.29 is 13.2 Å². The molecule has 0 saturated carbocycles. The monoisotopic (exact) mass is 192 g/mol. The zero-order valence-electron chi connectivity index (χ0n) is 6.44. The third kappa shape index (κ3) is 1.98. The Kier molecular flexibility index (Phi) is 2.43. The Labute approximate surface area is 71.0 Å². The Morgan fingerprint density at radius 3 is 2.25 bits per heavy atom. The van der Waals surface area contributed by atoms with Gasteiger partial charge in [0.1, 0.15) is 0 Å². The van der Waals surface area contributed by atoms with E-state index >= 15 is 0 Å². The standard InChI is InChI=1S/C8H8F3P/c1-5-2-3-6(4-7(5)12)8(9,10)11/h2-4H,12H2,1H3. The first-order valence-corrected chi connectivity index (χ1v) is 3.92. The molecule has 0 bridgehead atoms.